The van der Waals surface area contributed by atoms with Gasteiger partial charge in [-0.05, 0) is 13.0 Å². The van der Waals surface area contributed by atoms with Gasteiger partial charge in [-0.3, -0.25) is 4.79 Å². The first kappa shape index (κ1) is 13.5. The number of halogens is 3. The van der Waals surface area contributed by atoms with Crippen LogP contribution in [0.15, 0.2) is 12.1 Å². The Morgan fingerprint density at radius 1 is 1.35 bits per heavy atom. The van der Waals surface area contributed by atoms with Gasteiger partial charge in [0.15, 0.2) is 11.6 Å². The van der Waals surface area contributed by atoms with Crippen LogP contribution in [0, 0.1) is 17.5 Å². The Labute approximate surface area is 96.6 Å². The number of hydrogen-bond donors (Lipinski definition) is 1. The fraction of sp³-hybridized carbons (Fsp3) is 0.364. The molecule has 1 aromatic carbocycles. The van der Waals surface area contributed by atoms with Crippen molar-refractivity contribution in [2.75, 3.05) is 13.2 Å². The molecule has 0 heterocycles. The zero-order chi connectivity index (χ0) is 12.8. The molecule has 1 rings (SSSR count). The molecule has 0 atom stereocenters. The average molecular weight is 247 g/mol. The van der Waals surface area contributed by atoms with Crippen molar-refractivity contribution in [2.45, 2.75) is 13.5 Å². The fourth-order valence-corrected chi connectivity index (χ4v) is 1.25. The molecule has 0 aliphatic carbocycles. The first-order valence-electron chi connectivity index (χ1n) is 5.04. The Balaban J connectivity index is 2.55. The van der Waals surface area contributed by atoms with Crippen molar-refractivity contribution < 1.29 is 22.7 Å². The third-order valence-electron chi connectivity index (χ3n) is 1.96. The predicted molar refractivity (Wildman–Crippen MR) is 54.7 cm³/mol. The van der Waals surface area contributed by atoms with Gasteiger partial charge in [0, 0.05) is 18.2 Å². The molecule has 0 aliphatic heterocycles. The van der Waals surface area contributed by atoms with E-state index >= 15 is 0 Å². The summed E-state index contributed by atoms with van der Waals surface area (Å²) in [5, 5.41) is 2.53. The van der Waals surface area contributed by atoms with E-state index in [1.807, 2.05) is 0 Å². The van der Waals surface area contributed by atoms with E-state index in [-0.39, 0.29) is 25.3 Å². The standard InChI is InChI=1S/C11H12F3NO2/c1-2-17-10(16)6-15-5-7-3-8(12)4-9(13)11(7)14/h3-4,15H,2,5-6H2,1H3. The minimum atomic E-state index is -1.25. The maximum atomic E-state index is 13.2. The molecule has 0 fully saturated rings. The number of carbonyl (C=O) groups excluding carboxylic acids is 1. The van der Waals surface area contributed by atoms with Crippen LogP contribution in [0.25, 0.3) is 0 Å². The van der Waals surface area contributed by atoms with Crippen LogP contribution in [0.3, 0.4) is 0 Å². The Bertz CT molecular complexity index is 410. The zero-order valence-corrected chi connectivity index (χ0v) is 9.23. The topological polar surface area (TPSA) is 38.3 Å². The van der Waals surface area contributed by atoms with E-state index in [0.717, 1.165) is 6.07 Å². The van der Waals surface area contributed by atoms with E-state index in [0.29, 0.717) is 6.07 Å². The van der Waals surface area contributed by atoms with E-state index < -0.39 is 23.4 Å². The zero-order valence-electron chi connectivity index (χ0n) is 9.23. The van der Waals surface area contributed by atoms with Gasteiger partial charge in [0.05, 0.1) is 13.2 Å². The van der Waals surface area contributed by atoms with Crippen LogP contribution >= 0.6 is 0 Å². The molecule has 1 aromatic rings. The maximum Gasteiger partial charge on any atom is 0.319 e. The second-order valence-corrected chi connectivity index (χ2v) is 3.27. The lowest BCUT2D eigenvalue weighted by Crippen LogP contribution is -2.24. The quantitative estimate of drug-likeness (QED) is 0.636. The van der Waals surface area contributed by atoms with Crippen molar-refractivity contribution in [2.24, 2.45) is 0 Å². The molecule has 6 heteroatoms. The summed E-state index contributed by atoms with van der Waals surface area (Å²) in [7, 11) is 0. The van der Waals surface area contributed by atoms with Gasteiger partial charge in [-0.1, -0.05) is 0 Å². The third kappa shape index (κ3) is 4.07. The molecule has 94 valence electrons. The number of nitrogens with one attached hydrogen (secondary N) is 1. The largest absolute Gasteiger partial charge is 0.465 e. The Kier molecular flexibility index (Phi) is 4.96. The molecule has 0 bridgehead atoms. The third-order valence-corrected chi connectivity index (χ3v) is 1.96. The molecule has 17 heavy (non-hydrogen) atoms. The molecule has 0 spiro atoms. The summed E-state index contributed by atoms with van der Waals surface area (Å²) < 4.78 is 43.4. The van der Waals surface area contributed by atoms with E-state index in [9.17, 15) is 18.0 Å². The van der Waals surface area contributed by atoms with Crippen molar-refractivity contribution in [3.8, 4) is 0 Å². The smallest absolute Gasteiger partial charge is 0.319 e. The highest BCUT2D eigenvalue weighted by Gasteiger charge is 2.11. The first-order valence-corrected chi connectivity index (χ1v) is 5.04. The second-order valence-electron chi connectivity index (χ2n) is 3.27. The maximum absolute atomic E-state index is 13.2. The summed E-state index contributed by atoms with van der Waals surface area (Å²) in [6.45, 7) is 1.59. The van der Waals surface area contributed by atoms with Crippen LogP contribution in [0.5, 0.6) is 0 Å². The lowest BCUT2D eigenvalue weighted by atomic mass is 10.2. The lowest BCUT2D eigenvalue weighted by molar-refractivity contribution is -0.142. The van der Waals surface area contributed by atoms with Gasteiger partial charge in [0.2, 0.25) is 0 Å². The molecular weight excluding hydrogens is 235 g/mol. The van der Waals surface area contributed by atoms with Crippen LogP contribution in [-0.4, -0.2) is 19.1 Å². The van der Waals surface area contributed by atoms with E-state index in [4.69, 9.17) is 0 Å². The van der Waals surface area contributed by atoms with Gasteiger partial charge < -0.3 is 10.1 Å². The van der Waals surface area contributed by atoms with Crippen molar-refractivity contribution >= 4 is 5.97 Å². The van der Waals surface area contributed by atoms with Crippen molar-refractivity contribution in [3.63, 3.8) is 0 Å². The SMILES string of the molecule is CCOC(=O)CNCc1cc(F)cc(F)c1F. The summed E-state index contributed by atoms with van der Waals surface area (Å²) in [5.74, 6) is -3.75. The highest BCUT2D eigenvalue weighted by atomic mass is 19.2. The Morgan fingerprint density at radius 2 is 2.06 bits per heavy atom. The van der Waals surface area contributed by atoms with Crippen molar-refractivity contribution in [1.82, 2.24) is 5.32 Å². The summed E-state index contributed by atoms with van der Waals surface area (Å²) in [6.07, 6.45) is 0. The molecule has 3 nitrogen and oxygen atoms in total. The molecule has 0 saturated carbocycles. The summed E-state index contributed by atoms with van der Waals surface area (Å²) in [4.78, 5) is 10.9. The van der Waals surface area contributed by atoms with Crippen molar-refractivity contribution in [3.05, 3.63) is 35.1 Å². The van der Waals surface area contributed by atoms with Crippen LogP contribution in [0.4, 0.5) is 13.2 Å². The first-order chi connectivity index (χ1) is 8.04. The molecule has 0 unspecified atom stereocenters. The predicted octanol–water partition coefficient (Wildman–Crippen LogP) is 1.76. The lowest BCUT2D eigenvalue weighted by Gasteiger charge is -2.06. The highest BCUT2D eigenvalue weighted by Crippen LogP contribution is 2.13. The Morgan fingerprint density at radius 3 is 2.71 bits per heavy atom. The number of hydrogen-bond acceptors (Lipinski definition) is 3. The van der Waals surface area contributed by atoms with Crippen molar-refractivity contribution in [1.29, 1.82) is 0 Å². The van der Waals surface area contributed by atoms with E-state index in [1.54, 1.807) is 6.92 Å². The monoisotopic (exact) mass is 247 g/mol. The number of benzene rings is 1. The van der Waals surface area contributed by atoms with Gasteiger partial charge in [-0.25, -0.2) is 13.2 Å². The van der Waals surface area contributed by atoms with Gasteiger partial charge in [0.1, 0.15) is 5.82 Å². The van der Waals surface area contributed by atoms with Gasteiger partial charge in [-0.2, -0.15) is 0 Å². The van der Waals surface area contributed by atoms with Crippen LogP contribution in [-0.2, 0) is 16.1 Å². The van der Waals surface area contributed by atoms with Gasteiger partial charge in [-0.15, -0.1) is 0 Å². The Hall–Kier alpha value is -1.56. The highest BCUT2D eigenvalue weighted by molar-refractivity contribution is 5.71. The second kappa shape index (κ2) is 6.24. The fourth-order valence-electron chi connectivity index (χ4n) is 1.25. The van der Waals surface area contributed by atoms with Crippen LogP contribution in [0.2, 0.25) is 0 Å². The summed E-state index contributed by atoms with van der Waals surface area (Å²) >= 11 is 0. The molecule has 0 amide bonds. The summed E-state index contributed by atoms with van der Waals surface area (Å²) in [5.41, 5.74) is -0.174. The van der Waals surface area contributed by atoms with E-state index in [1.165, 1.54) is 0 Å². The van der Waals surface area contributed by atoms with Gasteiger partial charge >= 0.3 is 5.97 Å². The number of carbonyl (C=O) groups is 1. The van der Waals surface area contributed by atoms with E-state index in [2.05, 4.69) is 10.1 Å². The minimum Gasteiger partial charge on any atom is -0.465 e. The molecule has 0 saturated heterocycles. The molecule has 1 N–H and O–H groups in total. The average Bonchev–Trinajstić information content (AvgIpc) is 2.25. The van der Waals surface area contributed by atoms with Gasteiger partial charge in [0.25, 0.3) is 0 Å². The molecule has 0 aromatic heterocycles. The minimum absolute atomic E-state index is 0.147. The van der Waals surface area contributed by atoms with Crippen LogP contribution < -0.4 is 5.32 Å². The number of ether oxygens (including phenoxy) is 1. The van der Waals surface area contributed by atoms with Crippen LogP contribution in [0.1, 0.15) is 12.5 Å². The molecule has 0 aliphatic rings. The number of esters is 1. The molecule has 0 radical (unpaired) electrons. The normalized spacial score (nSPS) is 10.4. The molecular formula is C11H12F3NO2. The number of rotatable bonds is 5. The summed E-state index contributed by atoms with van der Waals surface area (Å²) in [6, 6.07) is 1.33.